The second kappa shape index (κ2) is 11.0. The van der Waals surface area contributed by atoms with Crippen molar-refractivity contribution in [2.75, 3.05) is 13.7 Å². The number of methoxy groups -OCH3 is 1. The van der Waals surface area contributed by atoms with Gasteiger partial charge in [0.15, 0.2) is 0 Å². The first-order chi connectivity index (χ1) is 16.1. The van der Waals surface area contributed by atoms with Crippen molar-refractivity contribution < 1.29 is 19.4 Å². The highest BCUT2D eigenvalue weighted by Gasteiger charge is 2.31. The van der Waals surface area contributed by atoms with Gasteiger partial charge in [0, 0.05) is 24.0 Å². The van der Waals surface area contributed by atoms with Gasteiger partial charge >= 0.3 is 0 Å². The average molecular weight is 452 g/mol. The number of carbonyl (C=O) groups is 1. The van der Waals surface area contributed by atoms with E-state index in [4.69, 9.17) is 9.47 Å². The molecular formula is C24H29N5O4. The van der Waals surface area contributed by atoms with Crippen molar-refractivity contribution in [2.24, 2.45) is 0 Å². The van der Waals surface area contributed by atoms with Crippen LogP contribution in [0.15, 0.2) is 54.9 Å². The largest absolute Gasteiger partial charge is 0.497 e. The highest BCUT2D eigenvalue weighted by atomic mass is 16.5. The maximum atomic E-state index is 12.4. The van der Waals surface area contributed by atoms with Crippen molar-refractivity contribution in [3.05, 3.63) is 60.6 Å². The summed E-state index contributed by atoms with van der Waals surface area (Å²) in [6, 6.07) is 13.0. The third kappa shape index (κ3) is 6.15. The molecule has 0 saturated carbocycles. The van der Waals surface area contributed by atoms with Crippen LogP contribution in [0.1, 0.15) is 25.0 Å². The molecule has 4 rings (SSSR count). The standard InChI is InChI=1S/C24H29N5O4/c1-32-19-7-5-17(6-8-19)22-15-29(28-27-22)13-11-20-9-10-21(23(16-30)33-20)26-24(31)14-18-4-2-3-12-25-18/h2-8,12,15,20-21,23,30H,9-11,13-14,16H2,1H3,(H,26,31)/t20-,21-,23-/m1/s1. The van der Waals surface area contributed by atoms with Crippen molar-refractivity contribution in [3.63, 3.8) is 0 Å². The van der Waals surface area contributed by atoms with E-state index in [0.717, 1.165) is 36.3 Å². The van der Waals surface area contributed by atoms with E-state index in [1.54, 1.807) is 18.0 Å². The smallest absolute Gasteiger partial charge is 0.226 e. The summed E-state index contributed by atoms with van der Waals surface area (Å²) in [5.41, 5.74) is 2.48. The Hall–Kier alpha value is -3.30. The molecule has 1 saturated heterocycles. The van der Waals surface area contributed by atoms with Gasteiger partial charge in [0.05, 0.1) is 38.5 Å². The molecule has 2 aromatic heterocycles. The van der Waals surface area contributed by atoms with Crippen molar-refractivity contribution in [3.8, 4) is 17.0 Å². The number of amides is 1. The molecule has 0 unspecified atom stereocenters. The molecular weight excluding hydrogens is 422 g/mol. The first kappa shape index (κ1) is 22.9. The Morgan fingerprint density at radius 1 is 1.24 bits per heavy atom. The van der Waals surface area contributed by atoms with Gasteiger partial charge in [-0.15, -0.1) is 5.10 Å². The van der Waals surface area contributed by atoms with E-state index in [0.29, 0.717) is 12.2 Å². The molecule has 0 spiro atoms. The molecule has 1 aromatic carbocycles. The summed E-state index contributed by atoms with van der Waals surface area (Å²) in [4.78, 5) is 16.6. The van der Waals surface area contributed by atoms with Gasteiger partial charge in [0.1, 0.15) is 17.5 Å². The molecule has 174 valence electrons. The fourth-order valence-corrected chi connectivity index (χ4v) is 4.01. The van der Waals surface area contributed by atoms with Gasteiger partial charge in [-0.1, -0.05) is 11.3 Å². The van der Waals surface area contributed by atoms with Gasteiger partial charge in [-0.2, -0.15) is 0 Å². The first-order valence-electron chi connectivity index (χ1n) is 11.1. The second-order valence-electron chi connectivity index (χ2n) is 8.11. The van der Waals surface area contributed by atoms with Crippen molar-refractivity contribution >= 4 is 5.91 Å². The number of aryl methyl sites for hydroxylation is 1. The SMILES string of the molecule is COc1ccc(-c2cn(CC[C@H]3CC[C@@H](NC(=O)Cc4ccccn4)[C@@H](CO)O3)nn2)cc1. The van der Waals surface area contributed by atoms with Crippen LogP contribution in [0.3, 0.4) is 0 Å². The zero-order chi connectivity index (χ0) is 23.0. The predicted molar refractivity (Wildman–Crippen MR) is 121 cm³/mol. The van der Waals surface area contributed by atoms with Gasteiger partial charge in [-0.05, 0) is 55.7 Å². The van der Waals surface area contributed by atoms with E-state index in [-0.39, 0.29) is 31.1 Å². The molecule has 1 fully saturated rings. The number of nitrogens with zero attached hydrogens (tertiary/aromatic N) is 4. The Bertz CT molecular complexity index is 1020. The lowest BCUT2D eigenvalue weighted by Gasteiger charge is -2.36. The molecule has 1 aliphatic rings. The van der Waals surface area contributed by atoms with E-state index in [1.165, 1.54) is 0 Å². The third-order valence-electron chi connectivity index (χ3n) is 5.81. The summed E-state index contributed by atoms with van der Waals surface area (Å²) in [6.45, 7) is 0.513. The van der Waals surface area contributed by atoms with Crippen LogP contribution < -0.4 is 10.1 Å². The molecule has 9 nitrogen and oxygen atoms in total. The van der Waals surface area contributed by atoms with Crippen LogP contribution in [0.2, 0.25) is 0 Å². The normalized spacial score (nSPS) is 20.4. The number of nitrogens with one attached hydrogen (secondary N) is 1. The number of rotatable bonds is 9. The van der Waals surface area contributed by atoms with E-state index < -0.39 is 6.10 Å². The third-order valence-corrected chi connectivity index (χ3v) is 5.81. The fourth-order valence-electron chi connectivity index (χ4n) is 4.01. The molecule has 33 heavy (non-hydrogen) atoms. The minimum absolute atomic E-state index is 0.0141. The van der Waals surface area contributed by atoms with Crippen molar-refractivity contribution in [1.82, 2.24) is 25.3 Å². The van der Waals surface area contributed by atoms with Crippen LogP contribution in [-0.2, 0) is 22.5 Å². The van der Waals surface area contributed by atoms with Gasteiger partial charge < -0.3 is 19.9 Å². The monoisotopic (exact) mass is 451 g/mol. The lowest BCUT2D eigenvalue weighted by molar-refractivity contribution is -0.128. The zero-order valence-corrected chi connectivity index (χ0v) is 18.6. The van der Waals surface area contributed by atoms with E-state index >= 15 is 0 Å². The average Bonchev–Trinajstić information content (AvgIpc) is 3.33. The summed E-state index contributed by atoms with van der Waals surface area (Å²) in [5.74, 6) is 0.679. The molecule has 0 radical (unpaired) electrons. The van der Waals surface area contributed by atoms with Crippen LogP contribution in [0.5, 0.6) is 5.75 Å². The highest BCUT2D eigenvalue weighted by molar-refractivity contribution is 5.78. The molecule has 9 heteroatoms. The molecule has 1 aliphatic heterocycles. The summed E-state index contributed by atoms with van der Waals surface area (Å²) in [6.07, 6.45) is 5.64. The minimum Gasteiger partial charge on any atom is -0.497 e. The highest BCUT2D eigenvalue weighted by Crippen LogP contribution is 2.23. The number of hydrogen-bond acceptors (Lipinski definition) is 7. The lowest BCUT2D eigenvalue weighted by Crippen LogP contribution is -2.51. The zero-order valence-electron chi connectivity index (χ0n) is 18.6. The second-order valence-corrected chi connectivity index (χ2v) is 8.11. The fraction of sp³-hybridized carbons (Fsp3) is 0.417. The van der Waals surface area contributed by atoms with Gasteiger partial charge in [0.2, 0.25) is 5.91 Å². The lowest BCUT2D eigenvalue weighted by atomic mass is 9.97. The van der Waals surface area contributed by atoms with Crippen molar-refractivity contribution in [1.29, 1.82) is 0 Å². The maximum Gasteiger partial charge on any atom is 0.226 e. The number of pyridine rings is 1. The molecule has 0 bridgehead atoms. The van der Waals surface area contributed by atoms with E-state index in [2.05, 4.69) is 20.6 Å². The van der Waals surface area contributed by atoms with Gasteiger partial charge in [-0.25, -0.2) is 0 Å². The molecule has 2 N–H and O–H groups in total. The van der Waals surface area contributed by atoms with Crippen LogP contribution >= 0.6 is 0 Å². The summed E-state index contributed by atoms with van der Waals surface area (Å²) in [5, 5.41) is 21.3. The molecule has 3 atom stereocenters. The maximum absolute atomic E-state index is 12.4. The van der Waals surface area contributed by atoms with Crippen LogP contribution in [0.25, 0.3) is 11.3 Å². The summed E-state index contributed by atoms with van der Waals surface area (Å²) >= 11 is 0. The summed E-state index contributed by atoms with van der Waals surface area (Å²) in [7, 11) is 1.64. The van der Waals surface area contributed by atoms with E-state index in [9.17, 15) is 9.90 Å². The summed E-state index contributed by atoms with van der Waals surface area (Å²) < 4.78 is 13.1. The number of aliphatic hydroxyl groups is 1. The first-order valence-corrected chi connectivity index (χ1v) is 11.1. The Kier molecular flexibility index (Phi) is 7.64. The topological polar surface area (TPSA) is 111 Å². The molecule has 3 heterocycles. The number of aliphatic hydroxyl groups excluding tert-OH is 1. The van der Waals surface area contributed by atoms with Gasteiger partial charge in [-0.3, -0.25) is 14.5 Å². The number of carbonyl (C=O) groups excluding carboxylic acids is 1. The van der Waals surface area contributed by atoms with Gasteiger partial charge in [0.25, 0.3) is 0 Å². The number of aromatic nitrogens is 4. The van der Waals surface area contributed by atoms with Crippen LogP contribution in [0.4, 0.5) is 0 Å². The van der Waals surface area contributed by atoms with Crippen LogP contribution in [0, 0.1) is 0 Å². The number of hydrogen-bond donors (Lipinski definition) is 2. The predicted octanol–water partition coefficient (Wildman–Crippen LogP) is 2.01. The van der Waals surface area contributed by atoms with Crippen molar-refractivity contribution in [2.45, 2.75) is 50.5 Å². The Labute approximate surface area is 192 Å². The number of ether oxygens (including phenoxy) is 2. The van der Waals surface area contributed by atoms with E-state index in [1.807, 2.05) is 48.7 Å². The molecule has 0 aliphatic carbocycles. The quantitative estimate of drug-likeness (QED) is 0.512. The Morgan fingerprint density at radius 2 is 2.09 bits per heavy atom. The molecule has 1 amide bonds. The Balaban J connectivity index is 1.26. The number of benzene rings is 1. The Morgan fingerprint density at radius 3 is 2.82 bits per heavy atom. The van der Waals surface area contributed by atoms with Crippen LogP contribution in [-0.4, -0.2) is 63.0 Å². The minimum atomic E-state index is -0.429. The molecule has 3 aromatic rings.